The molecule has 0 aromatic heterocycles. The molecule has 0 fully saturated rings. The van der Waals surface area contributed by atoms with E-state index < -0.39 is 13.0 Å². The topological polar surface area (TPSA) is 53.7 Å². The van der Waals surface area contributed by atoms with Gasteiger partial charge in [0, 0.05) is 0 Å². The Labute approximate surface area is 129 Å². The molecule has 0 bridgehead atoms. The zero-order valence-corrected chi connectivity index (χ0v) is 13.1. The van der Waals surface area contributed by atoms with E-state index >= 15 is 0 Å². The summed E-state index contributed by atoms with van der Waals surface area (Å²) in [5.74, 6) is 0.811. The molecule has 1 aromatic carbocycles. The lowest BCUT2D eigenvalue weighted by molar-refractivity contribution is -0.325. The molecule has 0 radical (unpaired) electrons. The fourth-order valence-corrected chi connectivity index (χ4v) is 2.24. The van der Waals surface area contributed by atoms with Crippen LogP contribution in [0, 0.1) is 0 Å². The van der Waals surface area contributed by atoms with Crippen molar-refractivity contribution in [2.75, 3.05) is 26.4 Å². The summed E-state index contributed by atoms with van der Waals surface area (Å²) in [7, 11) is 0. The van der Waals surface area contributed by atoms with Crippen molar-refractivity contribution in [3.63, 3.8) is 0 Å². The molecular formula is C13H17BrF3NO3. The van der Waals surface area contributed by atoms with E-state index in [-0.39, 0.29) is 6.61 Å². The molecule has 0 aliphatic heterocycles. The highest BCUT2D eigenvalue weighted by atomic mass is 79.9. The van der Waals surface area contributed by atoms with Gasteiger partial charge in [-0.1, -0.05) is 0 Å². The Balaban J connectivity index is 2.75. The Kier molecular flexibility index (Phi) is 7.27. The smallest absolute Gasteiger partial charge is 0.490 e. The molecule has 4 nitrogen and oxygen atoms in total. The molecule has 0 atom stereocenters. The first-order valence-electron chi connectivity index (χ1n) is 6.36. The zero-order valence-electron chi connectivity index (χ0n) is 11.5. The zero-order chi connectivity index (χ0) is 15.9. The molecule has 0 amide bonds. The summed E-state index contributed by atoms with van der Waals surface area (Å²) in [6, 6.07) is 3.57. The first kappa shape index (κ1) is 18.1. The maximum Gasteiger partial charge on any atom is 0.522 e. The van der Waals surface area contributed by atoms with Crippen LogP contribution < -0.4 is 15.2 Å². The van der Waals surface area contributed by atoms with Crippen molar-refractivity contribution in [2.24, 2.45) is 5.73 Å². The number of nitrogens with two attached hydrogens (primary N) is 1. The molecule has 0 saturated carbocycles. The lowest BCUT2D eigenvalue weighted by atomic mass is 10.1. The van der Waals surface area contributed by atoms with E-state index in [0.29, 0.717) is 35.5 Å². The van der Waals surface area contributed by atoms with E-state index in [1.165, 1.54) is 0 Å². The standard InChI is InChI=1S/C13H17BrF3NO3/c1-2-19-11-8-9(3-4-18)7-10(14)12(11)20-5-6-21-13(15,16)17/h7-8H,2-6,18H2,1H3. The maximum absolute atomic E-state index is 11.9. The van der Waals surface area contributed by atoms with Gasteiger partial charge in [-0.15, -0.1) is 13.2 Å². The molecule has 120 valence electrons. The van der Waals surface area contributed by atoms with Crippen LogP contribution in [0.1, 0.15) is 12.5 Å². The number of benzene rings is 1. The highest BCUT2D eigenvalue weighted by Crippen LogP contribution is 2.37. The highest BCUT2D eigenvalue weighted by Gasteiger charge is 2.28. The number of rotatable bonds is 8. The Hall–Kier alpha value is -0.990. The number of alkyl halides is 3. The fourth-order valence-electron chi connectivity index (χ4n) is 1.64. The minimum absolute atomic E-state index is 0.242. The predicted octanol–water partition coefficient (Wildman–Crippen LogP) is 3.26. The normalized spacial score (nSPS) is 11.5. The average molecular weight is 372 g/mol. The molecule has 21 heavy (non-hydrogen) atoms. The number of hydrogen-bond donors (Lipinski definition) is 1. The molecule has 1 rings (SSSR count). The molecular weight excluding hydrogens is 355 g/mol. The van der Waals surface area contributed by atoms with Gasteiger partial charge in [0.05, 0.1) is 17.7 Å². The van der Waals surface area contributed by atoms with Crippen molar-refractivity contribution in [2.45, 2.75) is 19.7 Å². The number of hydrogen-bond acceptors (Lipinski definition) is 4. The second-order valence-electron chi connectivity index (χ2n) is 4.02. The quantitative estimate of drug-likeness (QED) is 0.712. The van der Waals surface area contributed by atoms with E-state index in [1.807, 2.05) is 0 Å². The van der Waals surface area contributed by atoms with E-state index in [1.54, 1.807) is 19.1 Å². The van der Waals surface area contributed by atoms with Crippen molar-refractivity contribution < 1.29 is 27.4 Å². The van der Waals surface area contributed by atoms with Gasteiger partial charge in [0.25, 0.3) is 0 Å². The SMILES string of the molecule is CCOc1cc(CCN)cc(Br)c1OCCOC(F)(F)F. The van der Waals surface area contributed by atoms with Crippen molar-refractivity contribution in [3.05, 3.63) is 22.2 Å². The van der Waals surface area contributed by atoms with Crippen LogP contribution in [0.2, 0.25) is 0 Å². The highest BCUT2D eigenvalue weighted by molar-refractivity contribution is 9.10. The fraction of sp³-hybridized carbons (Fsp3) is 0.538. The Morgan fingerprint density at radius 3 is 2.48 bits per heavy atom. The third kappa shape index (κ3) is 6.54. The molecule has 8 heteroatoms. The van der Waals surface area contributed by atoms with Gasteiger partial charge < -0.3 is 15.2 Å². The van der Waals surface area contributed by atoms with E-state index in [0.717, 1.165) is 5.56 Å². The summed E-state index contributed by atoms with van der Waals surface area (Å²) in [4.78, 5) is 0. The van der Waals surface area contributed by atoms with Crippen LogP contribution >= 0.6 is 15.9 Å². The molecule has 0 saturated heterocycles. The van der Waals surface area contributed by atoms with Gasteiger partial charge in [-0.05, 0) is 53.5 Å². The second-order valence-corrected chi connectivity index (χ2v) is 4.87. The van der Waals surface area contributed by atoms with Gasteiger partial charge in [-0.2, -0.15) is 0 Å². The Bertz CT molecular complexity index is 455. The van der Waals surface area contributed by atoms with Crippen molar-refractivity contribution in [1.82, 2.24) is 0 Å². The minimum atomic E-state index is -4.66. The van der Waals surface area contributed by atoms with Crippen LogP contribution in [-0.4, -0.2) is 32.7 Å². The Morgan fingerprint density at radius 2 is 1.90 bits per heavy atom. The first-order valence-corrected chi connectivity index (χ1v) is 7.15. The molecule has 2 N–H and O–H groups in total. The molecule has 0 aliphatic rings. The number of ether oxygens (including phenoxy) is 3. The Morgan fingerprint density at radius 1 is 1.19 bits per heavy atom. The van der Waals surface area contributed by atoms with Gasteiger partial charge in [0.2, 0.25) is 0 Å². The van der Waals surface area contributed by atoms with Crippen molar-refractivity contribution in [3.8, 4) is 11.5 Å². The lowest BCUT2D eigenvalue weighted by Gasteiger charge is -2.15. The summed E-state index contributed by atoms with van der Waals surface area (Å²) in [5, 5.41) is 0. The molecule has 0 spiro atoms. The third-order valence-electron chi connectivity index (χ3n) is 2.40. The predicted molar refractivity (Wildman–Crippen MR) is 75.6 cm³/mol. The third-order valence-corrected chi connectivity index (χ3v) is 2.99. The van der Waals surface area contributed by atoms with Crippen LogP contribution in [0.25, 0.3) is 0 Å². The van der Waals surface area contributed by atoms with Crippen LogP contribution in [0.4, 0.5) is 13.2 Å². The average Bonchev–Trinajstić information content (AvgIpc) is 2.36. The molecule has 0 heterocycles. The monoisotopic (exact) mass is 371 g/mol. The summed E-state index contributed by atoms with van der Waals surface area (Å²) in [6.45, 7) is 1.87. The molecule has 1 aromatic rings. The van der Waals surface area contributed by atoms with Crippen molar-refractivity contribution in [1.29, 1.82) is 0 Å². The van der Waals surface area contributed by atoms with Gasteiger partial charge in [-0.3, -0.25) is 4.74 Å². The molecule has 0 aliphatic carbocycles. The summed E-state index contributed by atoms with van der Waals surface area (Å²) in [6.07, 6.45) is -4.00. The van der Waals surface area contributed by atoms with Crippen LogP contribution in [-0.2, 0) is 11.2 Å². The lowest BCUT2D eigenvalue weighted by Crippen LogP contribution is -2.18. The minimum Gasteiger partial charge on any atom is -0.490 e. The van der Waals surface area contributed by atoms with E-state index in [2.05, 4.69) is 20.7 Å². The maximum atomic E-state index is 11.9. The van der Waals surface area contributed by atoms with Gasteiger partial charge in [0.1, 0.15) is 6.61 Å². The number of halogens is 4. The molecule has 0 unspecified atom stereocenters. The largest absolute Gasteiger partial charge is 0.522 e. The summed E-state index contributed by atoms with van der Waals surface area (Å²) in [5.41, 5.74) is 6.45. The van der Waals surface area contributed by atoms with Crippen LogP contribution in [0.3, 0.4) is 0 Å². The van der Waals surface area contributed by atoms with E-state index in [9.17, 15) is 13.2 Å². The first-order chi connectivity index (χ1) is 9.87. The van der Waals surface area contributed by atoms with E-state index in [4.69, 9.17) is 15.2 Å². The van der Waals surface area contributed by atoms with Gasteiger partial charge in [0.15, 0.2) is 11.5 Å². The summed E-state index contributed by atoms with van der Waals surface area (Å²) >= 11 is 3.32. The van der Waals surface area contributed by atoms with Gasteiger partial charge in [-0.25, -0.2) is 0 Å². The van der Waals surface area contributed by atoms with Crippen LogP contribution in [0.15, 0.2) is 16.6 Å². The van der Waals surface area contributed by atoms with Crippen molar-refractivity contribution >= 4 is 15.9 Å². The van der Waals surface area contributed by atoms with Crippen LogP contribution in [0.5, 0.6) is 11.5 Å². The second kappa shape index (κ2) is 8.45. The van der Waals surface area contributed by atoms with Gasteiger partial charge >= 0.3 is 6.36 Å². The summed E-state index contributed by atoms with van der Waals surface area (Å²) < 4.78 is 50.6.